The Balaban J connectivity index is 2.10. The van der Waals surface area contributed by atoms with Gasteiger partial charge in [0.05, 0.1) is 4.92 Å². The zero-order chi connectivity index (χ0) is 28.8. The number of rotatable bonds is 8. The zero-order valence-corrected chi connectivity index (χ0v) is 20.5. The SMILES string of the molecule is CC(C)(C)N(C(=O)O)[C@H](CCC(=O)NNC(=O)c1ccc([N+](=O)[O-])c(F)c1)Cc1ccc(C(F)(F)F)nc1. The van der Waals surface area contributed by atoms with Crippen molar-refractivity contribution >= 4 is 23.6 Å². The fourth-order valence-corrected chi connectivity index (χ4v) is 3.65. The van der Waals surface area contributed by atoms with Crippen molar-refractivity contribution in [2.24, 2.45) is 0 Å². The molecule has 0 aliphatic rings. The number of amides is 3. The number of nitro groups is 1. The molecule has 38 heavy (non-hydrogen) atoms. The van der Waals surface area contributed by atoms with E-state index < -0.39 is 57.8 Å². The van der Waals surface area contributed by atoms with E-state index in [1.807, 2.05) is 5.43 Å². The van der Waals surface area contributed by atoms with Crippen LogP contribution in [0.25, 0.3) is 0 Å². The third-order valence-electron chi connectivity index (χ3n) is 5.31. The summed E-state index contributed by atoms with van der Waals surface area (Å²) in [5.74, 6) is -2.94. The number of benzene rings is 1. The first-order valence-corrected chi connectivity index (χ1v) is 11.1. The minimum absolute atomic E-state index is 0.0452. The van der Waals surface area contributed by atoms with Crippen molar-refractivity contribution in [2.45, 2.75) is 57.8 Å². The zero-order valence-electron chi connectivity index (χ0n) is 20.5. The van der Waals surface area contributed by atoms with E-state index >= 15 is 0 Å². The summed E-state index contributed by atoms with van der Waals surface area (Å²) in [4.78, 5) is 50.7. The Morgan fingerprint density at radius 2 is 1.79 bits per heavy atom. The van der Waals surface area contributed by atoms with Crippen LogP contribution >= 0.6 is 0 Å². The second-order valence-electron chi connectivity index (χ2n) is 9.20. The van der Waals surface area contributed by atoms with E-state index in [2.05, 4.69) is 10.4 Å². The van der Waals surface area contributed by atoms with Gasteiger partial charge in [-0.3, -0.25) is 35.5 Å². The molecule has 0 saturated carbocycles. The number of halogens is 4. The number of hydrogen-bond acceptors (Lipinski definition) is 6. The van der Waals surface area contributed by atoms with Crippen molar-refractivity contribution < 1.29 is 42.0 Å². The van der Waals surface area contributed by atoms with E-state index in [9.17, 15) is 47.2 Å². The van der Waals surface area contributed by atoms with Gasteiger partial charge in [-0.1, -0.05) is 6.07 Å². The third kappa shape index (κ3) is 8.11. The first kappa shape index (κ1) is 29.9. The van der Waals surface area contributed by atoms with Crippen LogP contribution in [0.2, 0.25) is 0 Å². The number of hydrazine groups is 1. The highest BCUT2D eigenvalue weighted by Crippen LogP contribution is 2.28. The van der Waals surface area contributed by atoms with Gasteiger partial charge >= 0.3 is 18.0 Å². The van der Waals surface area contributed by atoms with Gasteiger partial charge in [0.25, 0.3) is 5.91 Å². The molecule has 206 valence electrons. The van der Waals surface area contributed by atoms with Crippen LogP contribution in [0, 0.1) is 15.9 Å². The number of carbonyl (C=O) groups excluding carboxylic acids is 2. The van der Waals surface area contributed by atoms with Crippen LogP contribution in [0.1, 0.15) is 55.2 Å². The summed E-state index contributed by atoms with van der Waals surface area (Å²) in [6.07, 6.45) is -5.37. The highest BCUT2D eigenvalue weighted by molar-refractivity contribution is 5.95. The molecule has 3 amide bonds. The van der Waals surface area contributed by atoms with E-state index in [1.54, 1.807) is 20.8 Å². The normalized spacial score (nSPS) is 12.4. The number of aromatic nitrogens is 1. The van der Waals surface area contributed by atoms with Crippen LogP contribution in [0.5, 0.6) is 0 Å². The lowest BCUT2D eigenvalue weighted by Crippen LogP contribution is -2.52. The number of nitrogens with zero attached hydrogens (tertiary/aromatic N) is 3. The quantitative estimate of drug-likeness (QED) is 0.257. The lowest BCUT2D eigenvalue weighted by atomic mass is 9.95. The lowest BCUT2D eigenvalue weighted by molar-refractivity contribution is -0.387. The Kier molecular flexibility index (Phi) is 9.32. The summed E-state index contributed by atoms with van der Waals surface area (Å²) in [5, 5.41) is 20.5. The Morgan fingerprint density at radius 3 is 2.26 bits per heavy atom. The Bertz CT molecular complexity index is 1200. The summed E-state index contributed by atoms with van der Waals surface area (Å²) in [6, 6.07) is 3.51. The van der Waals surface area contributed by atoms with Gasteiger partial charge in [0.15, 0.2) is 0 Å². The Labute approximate surface area is 214 Å². The van der Waals surface area contributed by atoms with Gasteiger partial charge in [-0.2, -0.15) is 17.6 Å². The van der Waals surface area contributed by atoms with Crippen molar-refractivity contribution in [3.63, 3.8) is 0 Å². The Hall–Kier alpha value is -4.30. The maximum absolute atomic E-state index is 13.7. The van der Waals surface area contributed by atoms with Gasteiger partial charge in [0, 0.05) is 35.8 Å². The number of carboxylic acid groups (broad SMARTS) is 1. The van der Waals surface area contributed by atoms with Crippen LogP contribution in [-0.4, -0.2) is 49.4 Å². The average molecular weight is 543 g/mol. The molecule has 1 atom stereocenters. The molecule has 0 unspecified atom stereocenters. The molecule has 0 spiro atoms. The fourth-order valence-electron chi connectivity index (χ4n) is 3.65. The summed E-state index contributed by atoms with van der Waals surface area (Å²) >= 11 is 0. The molecule has 2 aromatic rings. The fraction of sp³-hybridized carbons (Fsp3) is 0.391. The molecule has 0 bridgehead atoms. The highest BCUT2D eigenvalue weighted by atomic mass is 19.4. The van der Waals surface area contributed by atoms with Gasteiger partial charge in [-0.25, -0.2) is 4.79 Å². The number of nitrogens with one attached hydrogen (secondary N) is 2. The van der Waals surface area contributed by atoms with E-state index in [0.29, 0.717) is 11.6 Å². The van der Waals surface area contributed by atoms with Gasteiger partial charge in [0.1, 0.15) is 5.69 Å². The third-order valence-corrected chi connectivity index (χ3v) is 5.31. The minimum Gasteiger partial charge on any atom is -0.465 e. The first-order valence-electron chi connectivity index (χ1n) is 11.1. The monoisotopic (exact) mass is 543 g/mol. The van der Waals surface area contributed by atoms with Crippen molar-refractivity contribution in [1.82, 2.24) is 20.7 Å². The molecule has 3 N–H and O–H groups in total. The van der Waals surface area contributed by atoms with Crippen molar-refractivity contribution in [3.05, 3.63) is 69.3 Å². The van der Waals surface area contributed by atoms with Gasteiger partial charge in [-0.15, -0.1) is 0 Å². The molecule has 0 aliphatic heterocycles. The van der Waals surface area contributed by atoms with Crippen LogP contribution in [-0.2, 0) is 17.4 Å². The summed E-state index contributed by atoms with van der Waals surface area (Å²) < 4.78 is 52.2. The molecule has 1 heterocycles. The lowest BCUT2D eigenvalue weighted by Gasteiger charge is -2.40. The molecule has 0 fully saturated rings. The van der Waals surface area contributed by atoms with Crippen molar-refractivity contribution in [3.8, 4) is 0 Å². The van der Waals surface area contributed by atoms with Gasteiger partial charge in [0.2, 0.25) is 11.7 Å². The second kappa shape index (κ2) is 11.8. The molecule has 15 heteroatoms. The van der Waals surface area contributed by atoms with E-state index in [4.69, 9.17) is 0 Å². The maximum atomic E-state index is 13.7. The predicted octanol–water partition coefficient (Wildman–Crippen LogP) is 4.08. The van der Waals surface area contributed by atoms with E-state index in [1.165, 1.54) is 6.07 Å². The van der Waals surface area contributed by atoms with Gasteiger partial charge in [-0.05, 0) is 57.4 Å². The molecule has 1 aromatic carbocycles. The maximum Gasteiger partial charge on any atom is 0.433 e. The van der Waals surface area contributed by atoms with Crippen LogP contribution in [0.4, 0.5) is 28.0 Å². The van der Waals surface area contributed by atoms with Crippen LogP contribution in [0.3, 0.4) is 0 Å². The summed E-state index contributed by atoms with van der Waals surface area (Å²) in [5.41, 5.74) is 1.26. The number of pyridine rings is 1. The molecule has 0 saturated heterocycles. The standard InChI is InChI=1S/C23H25F4N5O6/c1-22(2,3)31(21(35)36)15(10-13-4-8-18(28-12-13)23(25,26)27)6-9-19(33)29-30-20(34)14-5-7-17(32(37)38)16(24)11-14/h4-5,7-8,11-12,15H,6,9-10H2,1-3H3,(H,29,33)(H,30,34)(H,35,36)/t15-/m1/s1. The number of nitro benzene ring substituents is 1. The topological polar surface area (TPSA) is 155 Å². The molecule has 11 nitrogen and oxygen atoms in total. The predicted molar refractivity (Wildman–Crippen MR) is 124 cm³/mol. The van der Waals surface area contributed by atoms with E-state index in [-0.39, 0.29) is 24.8 Å². The van der Waals surface area contributed by atoms with Crippen molar-refractivity contribution in [1.29, 1.82) is 0 Å². The smallest absolute Gasteiger partial charge is 0.433 e. The summed E-state index contributed by atoms with van der Waals surface area (Å²) in [7, 11) is 0. The highest BCUT2D eigenvalue weighted by Gasteiger charge is 2.35. The van der Waals surface area contributed by atoms with Gasteiger partial charge < -0.3 is 10.0 Å². The number of alkyl halides is 3. The largest absolute Gasteiger partial charge is 0.465 e. The molecule has 0 aliphatic carbocycles. The average Bonchev–Trinajstić information content (AvgIpc) is 2.79. The summed E-state index contributed by atoms with van der Waals surface area (Å²) in [6.45, 7) is 4.84. The number of carbonyl (C=O) groups is 3. The Morgan fingerprint density at radius 1 is 1.13 bits per heavy atom. The molecule has 1 aromatic heterocycles. The first-order chi connectivity index (χ1) is 17.5. The molecular formula is C23H25F4N5O6. The molecule has 2 rings (SSSR count). The van der Waals surface area contributed by atoms with Crippen molar-refractivity contribution in [2.75, 3.05) is 0 Å². The minimum atomic E-state index is -4.64. The van der Waals surface area contributed by atoms with E-state index in [0.717, 1.165) is 29.3 Å². The molecular weight excluding hydrogens is 518 g/mol. The molecule has 0 radical (unpaired) electrons. The van der Waals surface area contributed by atoms with Crippen LogP contribution in [0.15, 0.2) is 36.5 Å². The number of hydrogen-bond donors (Lipinski definition) is 3. The van der Waals surface area contributed by atoms with Crippen LogP contribution < -0.4 is 10.9 Å². The second-order valence-corrected chi connectivity index (χ2v) is 9.20.